The molecule has 1 aliphatic carbocycles. The van der Waals surface area contributed by atoms with Crippen LogP contribution in [0, 0.1) is 11.7 Å². The van der Waals surface area contributed by atoms with E-state index in [0.29, 0.717) is 5.56 Å². The third kappa shape index (κ3) is 3.72. The van der Waals surface area contributed by atoms with Crippen molar-refractivity contribution in [1.82, 2.24) is 5.32 Å². The standard InChI is InChI=1S/C14H16F3NO2/c15-12-3-9(1-2-11(12)8-19)7-18-13(20)4-10-5-14(16,17)6-10/h1-3,10,19H,4-8H2,(H,18,20). The van der Waals surface area contributed by atoms with Gasteiger partial charge in [-0.3, -0.25) is 4.79 Å². The number of aliphatic hydroxyl groups is 1. The fraction of sp³-hybridized carbons (Fsp3) is 0.500. The molecule has 6 heteroatoms. The number of alkyl halides is 2. The molecule has 0 spiro atoms. The third-order valence-electron chi connectivity index (χ3n) is 3.43. The molecule has 1 aromatic carbocycles. The lowest BCUT2D eigenvalue weighted by molar-refractivity contribution is -0.133. The van der Waals surface area contributed by atoms with Gasteiger partial charge in [0.2, 0.25) is 11.8 Å². The van der Waals surface area contributed by atoms with Crippen molar-refractivity contribution in [3.05, 3.63) is 35.1 Å². The quantitative estimate of drug-likeness (QED) is 0.873. The van der Waals surface area contributed by atoms with Crippen molar-refractivity contribution >= 4 is 5.91 Å². The average molecular weight is 287 g/mol. The maximum atomic E-state index is 13.4. The highest BCUT2D eigenvalue weighted by atomic mass is 19.3. The summed E-state index contributed by atoms with van der Waals surface area (Å²) in [6.45, 7) is -0.237. The number of hydrogen-bond donors (Lipinski definition) is 2. The fourth-order valence-electron chi connectivity index (χ4n) is 2.29. The first-order chi connectivity index (χ1) is 9.39. The molecular weight excluding hydrogens is 271 g/mol. The van der Waals surface area contributed by atoms with Crippen molar-refractivity contribution in [3.8, 4) is 0 Å². The zero-order valence-corrected chi connectivity index (χ0v) is 10.8. The first kappa shape index (κ1) is 14.8. The second-order valence-corrected chi connectivity index (χ2v) is 5.19. The summed E-state index contributed by atoms with van der Waals surface area (Å²) in [5.41, 5.74) is 0.753. The highest BCUT2D eigenvalue weighted by Crippen LogP contribution is 2.43. The van der Waals surface area contributed by atoms with Crippen LogP contribution in [0.2, 0.25) is 0 Å². The minimum atomic E-state index is -2.62. The van der Waals surface area contributed by atoms with E-state index in [1.165, 1.54) is 12.1 Å². The summed E-state index contributed by atoms with van der Waals surface area (Å²) in [6, 6.07) is 4.29. The monoisotopic (exact) mass is 287 g/mol. The summed E-state index contributed by atoms with van der Waals surface area (Å²) in [4.78, 5) is 11.5. The van der Waals surface area contributed by atoms with Gasteiger partial charge in [0.25, 0.3) is 0 Å². The van der Waals surface area contributed by atoms with Crippen molar-refractivity contribution in [2.45, 2.75) is 38.3 Å². The Morgan fingerprint density at radius 3 is 2.65 bits per heavy atom. The average Bonchev–Trinajstić information content (AvgIpc) is 2.34. The number of amides is 1. The highest BCUT2D eigenvalue weighted by Gasteiger charge is 2.45. The van der Waals surface area contributed by atoms with E-state index in [2.05, 4.69) is 5.32 Å². The first-order valence-electron chi connectivity index (χ1n) is 6.42. The molecule has 0 aliphatic heterocycles. The van der Waals surface area contributed by atoms with E-state index < -0.39 is 11.7 Å². The van der Waals surface area contributed by atoms with Gasteiger partial charge in [-0.2, -0.15) is 0 Å². The molecule has 20 heavy (non-hydrogen) atoms. The molecule has 0 bridgehead atoms. The van der Waals surface area contributed by atoms with Crippen molar-refractivity contribution in [2.75, 3.05) is 0 Å². The van der Waals surface area contributed by atoms with Crippen molar-refractivity contribution in [1.29, 1.82) is 0 Å². The van der Waals surface area contributed by atoms with Gasteiger partial charge in [0.05, 0.1) is 6.61 Å². The number of carbonyl (C=O) groups is 1. The predicted molar refractivity (Wildman–Crippen MR) is 66.5 cm³/mol. The molecule has 2 N–H and O–H groups in total. The van der Waals surface area contributed by atoms with Gasteiger partial charge in [0.15, 0.2) is 0 Å². The predicted octanol–water partition coefficient (Wildman–Crippen LogP) is 2.37. The van der Waals surface area contributed by atoms with E-state index in [1.807, 2.05) is 0 Å². The van der Waals surface area contributed by atoms with Crippen molar-refractivity contribution < 1.29 is 23.1 Å². The number of hydrogen-bond acceptors (Lipinski definition) is 2. The summed E-state index contributed by atoms with van der Waals surface area (Å²) in [6.07, 6.45) is -0.396. The van der Waals surface area contributed by atoms with Gasteiger partial charge in [-0.25, -0.2) is 13.2 Å². The summed E-state index contributed by atoms with van der Waals surface area (Å²) in [7, 11) is 0. The topological polar surface area (TPSA) is 49.3 Å². The lowest BCUT2D eigenvalue weighted by Crippen LogP contribution is -2.38. The van der Waals surface area contributed by atoms with Gasteiger partial charge in [0.1, 0.15) is 5.82 Å². The molecule has 0 aromatic heterocycles. The largest absolute Gasteiger partial charge is 0.392 e. The minimum Gasteiger partial charge on any atom is -0.392 e. The van der Waals surface area contributed by atoms with Crippen LogP contribution >= 0.6 is 0 Å². The summed E-state index contributed by atoms with van der Waals surface area (Å²) in [5, 5.41) is 11.4. The molecular formula is C14H16F3NO2. The van der Waals surface area contributed by atoms with Gasteiger partial charge in [-0.15, -0.1) is 0 Å². The van der Waals surface area contributed by atoms with Crippen LogP contribution in [0.3, 0.4) is 0 Å². The van der Waals surface area contributed by atoms with E-state index in [4.69, 9.17) is 5.11 Å². The Kier molecular flexibility index (Phi) is 4.32. The molecule has 1 amide bonds. The molecule has 1 aromatic rings. The number of nitrogens with one attached hydrogen (secondary N) is 1. The molecule has 0 heterocycles. The fourth-order valence-corrected chi connectivity index (χ4v) is 2.29. The number of rotatable bonds is 5. The first-order valence-corrected chi connectivity index (χ1v) is 6.42. The second-order valence-electron chi connectivity index (χ2n) is 5.19. The molecule has 3 nitrogen and oxygen atoms in total. The summed E-state index contributed by atoms with van der Waals surface area (Å²) >= 11 is 0. The van der Waals surface area contributed by atoms with E-state index in [1.54, 1.807) is 6.07 Å². The number of benzene rings is 1. The number of halogens is 3. The summed E-state index contributed by atoms with van der Waals surface area (Å²) < 4.78 is 38.6. The third-order valence-corrected chi connectivity index (χ3v) is 3.43. The maximum Gasteiger partial charge on any atom is 0.248 e. The number of aliphatic hydroxyl groups excluding tert-OH is 1. The zero-order chi connectivity index (χ0) is 14.8. The van der Waals surface area contributed by atoms with E-state index >= 15 is 0 Å². The zero-order valence-electron chi connectivity index (χ0n) is 10.8. The van der Waals surface area contributed by atoms with Gasteiger partial charge < -0.3 is 10.4 Å². The van der Waals surface area contributed by atoms with E-state index in [9.17, 15) is 18.0 Å². The van der Waals surface area contributed by atoms with Crippen molar-refractivity contribution in [2.24, 2.45) is 5.92 Å². The lowest BCUT2D eigenvalue weighted by Gasteiger charge is -2.34. The van der Waals surface area contributed by atoms with Gasteiger partial charge >= 0.3 is 0 Å². The van der Waals surface area contributed by atoms with Crippen LogP contribution in [0.1, 0.15) is 30.4 Å². The molecule has 110 valence electrons. The Bertz CT molecular complexity index is 497. The molecule has 0 saturated heterocycles. The Morgan fingerprint density at radius 2 is 2.10 bits per heavy atom. The van der Waals surface area contributed by atoms with Crippen LogP contribution < -0.4 is 5.32 Å². The SMILES string of the molecule is O=C(CC1CC(F)(F)C1)NCc1ccc(CO)c(F)c1. The Labute approximate surface area is 114 Å². The van der Waals surface area contributed by atoms with E-state index in [0.717, 1.165) is 0 Å². The van der Waals surface area contributed by atoms with Crippen LogP contribution in [0.4, 0.5) is 13.2 Å². The minimum absolute atomic E-state index is 0.0762. The maximum absolute atomic E-state index is 13.4. The molecule has 1 saturated carbocycles. The van der Waals surface area contributed by atoms with Crippen LogP contribution in [0.15, 0.2) is 18.2 Å². The van der Waals surface area contributed by atoms with E-state index in [-0.39, 0.29) is 49.8 Å². The molecule has 0 radical (unpaired) electrons. The van der Waals surface area contributed by atoms with Crippen LogP contribution in [-0.2, 0) is 17.9 Å². The Morgan fingerprint density at radius 1 is 1.40 bits per heavy atom. The lowest BCUT2D eigenvalue weighted by atomic mass is 9.79. The van der Waals surface area contributed by atoms with Crippen LogP contribution in [0.5, 0.6) is 0 Å². The summed E-state index contributed by atoms with van der Waals surface area (Å²) in [5.74, 6) is -3.72. The molecule has 0 unspecified atom stereocenters. The molecule has 0 atom stereocenters. The Hall–Kier alpha value is -1.56. The van der Waals surface area contributed by atoms with Gasteiger partial charge in [0, 0.05) is 31.4 Å². The Balaban J connectivity index is 1.77. The molecule has 1 aliphatic rings. The van der Waals surface area contributed by atoms with Crippen molar-refractivity contribution in [3.63, 3.8) is 0 Å². The van der Waals surface area contributed by atoms with Gasteiger partial charge in [-0.1, -0.05) is 12.1 Å². The second kappa shape index (κ2) is 5.83. The number of carbonyl (C=O) groups excluding carboxylic acids is 1. The normalized spacial score (nSPS) is 17.6. The van der Waals surface area contributed by atoms with Gasteiger partial charge in [-0.05, 0) is 17.5 Å². The molecule has 2 rings (SSSR count). The highest BCUT2D eigenvalue weighted by molar-refractivity contribution is 5.76. The molecule has 1 fully saturated rings. The smallest absolute Gasteiger partial charge is 0.248 e. The van der Waals surface area contributed by atoms with Crippen LogP contribution in [0.25, 0.3) is 0 Å². The van der Waals surface area contributed by atoms with Crippen LogP contribution in [-0.4, -0.2) is 16.9 Å².